The van der Waals surface area contributed by atoms with Crippen molar-refractivity contribution in [1.82, 2.24) is 4.57 Å². The van der Waals surface area contributed by atoms with Gasteiger partial charge in [0.15, 0.2) is 0 Å². The molecule has 2 aromatic rings. The minimum absolute atomic E-state index is 0.723. The first kappa shape index (κ1) is 13.0. The van der Waals surface area contributed by atoms with E-state index in [2.05, 4.69) is 35.9 Å². The first-order chi connectivity index (χ1) is 8.86. The van der Waals surface area contributed by atoms with E-state index in [9.17, 15) is 0 Å². The molecule has 1 heterocycles. The molecule has 0 radical (unpaired) electrons. The Labute approximate surface area is 110 Å². The summed E-state index contributed by atoms with van der Waals surface area (Å²) in [6.45, 7) is 6.11. The number of aryl methyl sites for hydroxylation is 1. The van der Waals surface area contributed by atoms with Crippen molar-refractivity contribution < 1.29 is 4.74 Å². The molecule has 1 aromatic heterocycles. The Hall–Kier alpha value is -1.44. The van der Waals surface area contributed by atoms with E-state index in [4.69, 9.17) is 4.74 Å². The number of hydrogen-bond donors (Lipinski definition) is 0. The Kier molecular flexibility index (Phi) is 4.68. The van der Waals surface area contributed by atoms with Gasteiger partial charge in [0.05, 0.1) is 12.1 Å². The van der Waals surface area contributed by atoms with E-state index < -0.39 is 0 Å². The molecule has 0 bridgehead atoms. The molecule has 0 N–H and O–H groups in total. The third-order valence-electron chi connectivity index (χ3n) is 3.33. The maximum absolute atomic E-state index is 5.66. The maximum atomic E-state index is 5.66. The lowest BCUT2D eigenvalue weighted by Crippen LogP contribution is -1.96. The zero-order valence-corrected chi connectivity index (χ0v) is 11.5. The predicted octanol–water partition coefficient (Wildman–Crippen LogP) is 4.62. The second kappa shape index (κ2) is 6.48. The predicted molar refractivity (Wildman–Crippen MR) is 77.2 cm³/mol. The van der Waals surface area contributed by atoms with Crippen LogP contribution >= 0.6 is 0 Å². The third-order valence-corrected chi connectivity index (χ3v) is 3.33. The Balaban J connectivity index is 2.12. The summed E-state index contributed by atoms with van der Waals surface area (Å²) in [4.78, 5) is 0. The van der Waals surface area contributed by atoms with Crippen molar-refractivity contribution in [3.05, 3.63) is 30.5 Å². The Morgan fingerprint density at radius 2 is 1.94 bits per heavy atom. The minimum Gasteiger partial charge on any atom is -0.493 e. The highest BCUT2D eigenvalue weighted by Gasteiger charge is 2.05. The van der Waals surface area contributed by atoms with Crippen molar-refractivity contribution in [3.63, 3.8) is 0 Å². The van der Waals surface area contributed by atoms with E-state index in [0.717, 1.165) is 18.9 Å². The first-order valence-corrected chi connectivity index (χ1v) is 7.07. The number of fused-ring (bicyclic) bond motifs is 1. The van der Waals surface area contributed by atoms with E-state index in [1.165, 1.54) is 36.6 Å². The molecular weight excluding hydrogens is 222 g/mol. The molecule has 0 spiro atoms. The molecular formula is C16H23NO. The second-order valence-corrected chi connectivity index (χ2v) is 4.69. The SMILES string of the molecule is CCCCCCn1ccc2c(OCC)cccc21. The van der Waals surface area contributed by atoms with Gasteiger partial charge in [0.25, 0.3) is 0 Å². The molecule has 0 amide bonds. The maximum Gasteiger partial charge on any atom is 0.128 e. The molecule has 0 saturated heterocycles. The van der Waals surface area contributed by atoms with Gasteiger partial charge in [-0.15, -0.1) is 0 Å². The van der Waals surface area contributed by atoms with Gasteiger partial charge in [-0.25, -0.2) is 0 Å². The fourth-order valence-electron chi connectivity index (χ4n) is 2.38. The Morgan fingerprint density at radius 1 is 1.06 bits per heavy atom. The van der Waals surface area contributed by atoms with Crippen molar-refractivity contribution in [2.75, 3.05) is 6.61 Å². The summed E-state index contributed by atoms with van der Waals surface area (Å²) in [5.41, 5.74) is 1.29. The summed E-state index contributed by atoms with van der Waals surface area (Å²) >= 11 is 0. The van der Waals surface area contributed by atoms with Gasteiger partial charge in [0.2, 0.25) is 0 Å². The average molecular weight is 245 g/mol. The van der Waals surface area contributed by atoms with E-state index >= 15 is 0 Å². The molecule has 2 heteroatoms. The third kappa shape index (κ3) is 2.87. The number of nitrogens with zero attached hydrogens (tertiary/aromatic N) is 1. The quantitative estimate of drug-likeness (QED) is 0.649. The summed E-state index contributed by atoms with van der Waals surface area (Å²) in [6.07, 6.45) is 7.39. The van der Waals surface area contributed by atoms with Crippen LogP contribution in [-0.4, -0.2) is 11.2 Å². The van der Waals surface area contributed by atoms with Gasteiger partial charge in [-0.2, -0.15) is 0 Å². The highest BCUT2D eigenvalue weighted by molar-refractivity contribution is 5.86. The summed E-state index contributed by atoms with van der Waals surface area (Å²) in [6, 6.07) is 8.47. The largest absolute Gasteiger partial charge is 0.493 e. The molecule has 1 aromatic carbocycles. The van der Waals surface area contributed by atoms with E-state index in [1.807, 2.05) is 13.0 Å². The summed E-state index contributed by atoms with van der Waals surface area (Å²) in [5.74, 6) is 1.00. The topological polar surface area (TPSA) is 14.2 Å². The van der Waals surface area contributed by atoms with E-state index in [-0.39, 0.29) is 0 Å². The molecule has 98 valence electrons. The molecule has 18 heavy (non-hydrogen) atoms. The lowest BCUT2D eigenvalue weighted by molar-refractivity contribution is 0.344. The molecule has 0 saturated carbocycles. The van der Waals surface area contributed by atoms with Gasteiger partial charge in [0, 0.05) is 18.1 Å². The number of unbranched alkanes of at least 4 members (excludes halogenated alkanes) is 3. The van der Waals surface area contributed by atoms with Crippen LogP contribution in [0.1, 0.15) is 39.5 Å². The van der Waals surface area contributed by atoms with Crippen LogP contribution in [0.25, 0.3) is 10.9 Å². The van der Waals surface area contributed by atoms with Crippen LogP contribution in [0.15, 0.2) is 30.5 Å². The zero-order chi connectivity index (χ0) is 12.8. The minimum atomic E-state index is 0.723. The van der Waals surface area contributed by atoms with Crippen molar-refractivity contribution in [1.29, 1.82) is 0 Å². The van der Waals surface area contributed by atoms with E-state index in [0.29, 0.717) is 0 Å². The summed E-state index contributed by atoms with van der Waals surface area (Å²) in [5, 5.41) is 1.23. The van der Waals surface area contributed by atoms with Gasteiger partial charge >= 0.3 is 0 Å². The van der Waals surface area contributed by atoms with Crippen molar-refractivity contribution >= 4 is 10.9 Å². The summed E-state index contributed by atoms with van der Waals surface area (Å²) < 4.78 is 8.00. The second-order valence-electron chi connectivity index (χ2n) is 4.69. The highest BCUT2D eigenvalue weighted by atomic mass is 16.5. The van der Waals surface area contributed by atoms with Crippen LogP contribution in [0.5, 0.6) is 5.75 Å². The van der Waals surface area contributed by atoms with Crippen molar-refractivity contribution in [2.24, 2.45) is 0 Å². The fraction of sp³-hybridized carbons (Fsp3) is 0.500. The number of hydrogen-bond acceptors (Lipinski definition) is 1. The van der Waals surface area contributed by atoms with Gasteiger partial charge in [-0.1, -0.05) is 32.3 Å². The summed E-state index contributed by atoms with van der Waals surface area (Å²) in [7, 11) is 0. The number of aromatic nitrogens is 1. The Morgan fingerprint density at radius 3 is 2.72 bits per heavy atom. The van der Waals surface area contributed by atoms with Crippen LogP contribution in [0, 0.1) is 0 Å². The number of rotatable bonds is 7. The van der Waals surface area contributed by atoms with Crippen LogP contribution in [0.2, 0.25) is 0 Å². The zero-order valence-electron chi connectivity index (χ0n) is 11.5. The highest BCUT2D eigenvalue weighted by Crippen LogP contribution is 2.26. The lowest BCUT2D eigenvalue weighted by atomic mass is 10.2. The molecule has 0 aliphatic heterocycles. The molecule has 0 aliphatic rings. The monoisotopic (exact) mass is 245 g/mol. The van der Waals surface area contributed by atoms with Gasteiger partial charge in [0.1, 0.15) is 5.75 Å². The van der Waals surface area contributed by atoms with E-state index in [1.54, 1.807) is 0 Å². The van der Waals surface area contributed by atoms with Crippen LogP contribution in [0.4, 0.5) is 0 Å². The molecule has 0 unspecified atom stereocenters. The standard InChI is InChI=1S/C16H23NO/c1-3-5-6-7-12-17-13-11-14-15(17)9-8-10-16(14)18-4-2/h8-11,13H,3-7,12H2,1-2H3. The molecule has 0 atom stereocenters. The van der Waals surface area contributed by atoms with Crippen molar-refractivity contribution in [2.45, 2.75) is 46.1 Å². The normalized spacial score (nSPS) is 11.0. The smallest absolute Gasteiger partial charge is 0.128 e. The van der Waals surface area contributed by atoms with Crippen LogP contribution in [-0.2, 0) is 6.54 Å². The number of benzene rings is 1. The fourth-order valence-corrected chi connectivity index (χ4v) is 2.38. The Bertz CT molecular complexity index is 487. The van der Waals surface area contributed by atoms with Crippen LogP contribution in [0.3, 0.4) is 0 Å². The molecule has 0 fully saturated rings. The molecule has 0 aliphatic carbocycles. The average Bonchev–Trinajstić information content (AvgIpc) is 2.80. The molecule has 2 rings (SSSR count). The van der Waals surface area contributed by atoms with Gasteiger partial charge in [-0.05, 0) is 31.5 Å². The number of ether oxygens (including phenoxy) is 1. The first-order valence-electron chi connectivity index (χ1n) is 7.07. The van der Waals surface area contributed by atoms with Gasteiger partial charge in [-0.3, -0.25) is 0 Å². The van der Waals surface area contributed by atoms with Gasteiger partial charge < -0.3 is 9.30 Å². The van der Waals surface area contributed by atoms with Crippen molar-refractivity contribution in [3.8, 4) is 5.75 Å². The van der Waals surface area contributed by atoms with Crippen LogP contribution < -0.4 is 4.74 Å². The lowest BCUT2D eigenvalue weighted by Gasteiger charge is -2.07. The molecule has 2 nitrogen and oxygen atoms in total.